The van der Waals surface area contributed by atoms with Crippen LogP contribution in [0.1, 0.15) is 31.7 Å². The maximum Gasteiger partial charge on any atom is 0.233 e. The van der Waals surface area contributed by atoms with Crippen LogP contribution in [0.4, 0.5) is 0 Å². The first-order valence-corrected chi connectivity index (χ1v) is 10.2. The second-order valence-electron chi connectivity index (χ2n) is 6.54. The van der Waals surface area contributed by atoms with Gasteiger partial charge in [0.1, 0.15) is 0 Å². The smallest absolute Gasteiger partial charge is 0.233 e. The number of nitrogens with zero attached hydrogens (tertiary/aromatic N) is 1. The SMILES string of the molecule is CCCCC(CN(O)C=O)C(=O)NCC(=O)/C=C(\N)c1cc(OC)c(OC)cc1Br. The van der Waals surface area contributed by atoms with Gasteiger partial charge in [0.2, 0.25) is 12.3 Å². The second-order valence-corrected chi connectivity index (χ2v) is 7.39. The van der Waals surface area contributed by atoms with Crippen LogP contribution in [-0.2, 0) is 14.4 Å². The number of ketones is 1. The molecule has 0 spiro atoms. The van der Waals surface area contributed by atoms with E-state index in [9.17, 15) is 19.6 Å². The van der Waals surface area contributed by atoms with Crippen molar-refractivity contribution < 1.29 is 29.1 Å². The van der Waals surface area contributed by atoms with E-state index in [-0.39, 0.29) is 25.2 Å². The first-order chi connectivity index (χ1) is 14.3. The minimum atomic E-state index is -0.616. The van der Waals surface area contributed by atoms with Crippen LogP contribution in [0.5, 0.6) is 11.5 Å². The number of hydrogen-bond acceptors (Lipinski definition) is 7. The summed E-state index contributed by atoms with van der Waals surface area (Å²) in [6.45, 7) is 1.56. The molecule has 0 bridgehead atoms. The Morgan fingerprint density at radius 3 is 2.50 bits per heavy atom. The molecule has 1 atom stereocenters. The van der Waals surface area contributed by atoms with E-state index in [0.29, 0.717) is 33.0 Å². The molecule has 0 saturated heterocycles. The molecule has 1 rings (SSSR count). The van der Waals surface area contributed by atoms with Crippen LogP contribution >= 0.6 is 15.9 Å². The molecular formula is C20H28BrN3O6. The highest BCUT2D eigenvalue weighted by Gasteiger charge is 2.21. The van der Waals surface area contributed by atoms with Gasteiger partial charge < -0.3 is 20.5 Å². The number of carbonyl (C=O) groups excluding carboxylic acids is 3. The van der Waals surface area contributed by atoms with Gasteiger partial charge in [-0.25, -0.2) is 5.06 Å². The van der Waals surface area contributed by atoms with Gasteiger partial charge in [-0.2, -0.15) is 0 Å². The van der Waals surface area contributed by atoms with E-state index in [0.717, 1.165) is 12.8 Å². The average molecular weight is 486 g/mol. The summed E-state index contributed by atoms with van der Waals surface area (Å²) in [5.41, 5.74) is 6.77. The molecule has 30 heavy (non-hydrogen) atoms. The molecule has 2 amide bonds. The van der Waals surface area contributed by atoms with Crippen molar-refractivity contribution >= 4 is 39.7 Å². The van der Waals surface area contributed by atoms with Crippen LogP contribution in [-0.4, -0.2) is 55.7 Å². The van der Waals surface area contributed by atoms with Crippen LogP contribution in [0.3, 0.4) is 0 Å². The fourth-order valence-corrected chi connectivity index (χ4v) is 3.27. The number of nitrogens with one attached hydrogen (secondary N) is 1. The lowest BCUT2D eigenvalue weighted by Gasteiger charge is -2.19. The van der Waals surface area contributed by atoms with Crippen LogP contribution in [0, 0.1) is 5.92 Å². The number of unbranched alkanes of at least 4 members (excludes halogenated alkanes) is 1. The van der Waals surface area contributed by atoms with E-state index in [1.54, 1.807) is 12.1 Å². The highest BCUT2D eigenvalue weighted by molar-refractivity contribution is 9.10. The maximum atomic E-state index is 12.4. The van der Waals surface area contributed by atoms with Crippen LogP contribution < -0.4 is 20.5 Å². The summed E-state index contributed by atoms with van der Waals surface area (Å²) in [6.07, 6.45) is 3.55. The van der Waals surface area contributed by atoms with E-state index >= 15 is 0 Å². The van der Waals surface area contributed by atoms with Crippen LogP contribution in [0.15, 0.2) is 22.7 Å². The minimum absolute atomic E-state index is 0.139. The van der Waals surface area contributed by atoms with Gasteiger partial charge >= 0.3 is 0 Å². The zero-order valence-corrected chi connectivity index (χ0v) is 18.9. The van der Waals surface area contributed by atoms with Crippen molar-refractivity contribution in [1.29, 1.82) is 0 Å². The van der Waals surface area contributed by atoms with Gasteiger partial charge in [-0.1, -0.05) is 19.8 Å². The molecule has 0 saturated carbocycles. The molecule has 1 aromatic rings. The Kier molecular flexibility index (Phi) is 10.9. The summed E-state index contributed by atoms with van der Waals surface area (Å²) in [5, 5.41) is 12.3. The molecule has 0 aliphatic heterocycles. The molecular weight excluding hydrogens is 458 g/mol. The summed E-state index contributed by atoms with van der Waals surface area (Å²) in [6, 6.07) is 3.31. The number of amides is 2. The number of hydroxylamine groups is 2. The van der Waals surface area contributed by atoms with E-state index < -0.39 is 17.6 Å². The van der Waals surface area contributed by atoms with Crippen molar-refractivity contribution in [2.45, 2.75) is 26.2 Å². The number of benzene rings is 1. The lowest BCUT2D eigenvalue weighted by molar-refractivity contribution is -0.154. The molecule has 1 aromatic carbocycles. The monoisotopic (exact) mass is 485 g/mol. The normalized spacial score (nSPS) is 12.1. The number of carbonyl (C=O) groups is 3. The number of nitrogens with two attached hydrogens (primary N) is 1. The Hall–Kier alpha value is -2.59. The average Bonchev–Trinajstić information content (AvgIpc) is 2.74. The van der Waals surface area contributed by atoms with E-state index in [4.69, 9.17) is 15.2 Å². The summed E-state index contributed by atoms with van der Waals surface area (Å²) in [4.78, 5) is 35.3. The fourth-order valence-electron chi connectivity index (χ4n) is 2.72. The summed E-state index contributed by atoms with van der Waals surface area (Å²) in [7, 11) is 3.00. The van der Waals surface area contributed by atoms with Crippen molar-refractivity contribution in [3.63, 3.8) is 0 Å². The lowest BCUT2D eigenvalue weighted by Crippen LogP contribution is -2.39. The molecule has 166 valence electrons. The predicted octanol–water partition coefficient (Wildman–Crippen LogP) is 2.11. The Bertz CT molecular complexity index is 784. The number of ether oxygens (including phenoxy) is 2. The molecule has 0 aliphatic rings. The third-order valence-electron chi connectivity index (χ3n) is 4.34. The maximum absolute atomic E-state index is 12.4. The third kappa shape index (κ3) is 7.68. The zero-order valence-electron chi connectivity index (χ0n) is 17.3. The topological polar surface area (TPSA) is 131 Å². The van der Waals surface area contributed by atoms with Gasteiger partial charge in [0, 0.05) is 21.8 Å². The first kappa shape index (κ1) is 25.4. The molecule has 0 fully saturated rings. The molecule has 1 unspecified atom stereocenters. The first-order valence-electron chi connectivity index (χ1n) is 9.37. The Morgan fingerprint density at radius 1 is 1.30 bits per heavy atom. The molecule has 0 radical (unpaired) electrons. The standard InChI is InChI=1S/C20H28BrN3O6/c1-4-5-6-13(11-24(28)12-25)20(27)23-10-14(26)7-17(22)15-8-18(29-2)19(30-3)9-16(15)21/h7-9,12-13,28H,4-6,10-11,22H2,1-3H3,(H,23,27)/b17-7-. The van der Waals surface area contributed by atoms with E-state index in [1.165, 1.54) is 20.3 Å². The predicted molar refractivity (Wildman–Crippen MR) is 115 cm³/mol. The minimum Gasteiger partial charge on any atom is -0.493 e. The molecule has 0 heterocycles. The highest BCUT2D eigenvalue weighted by Crippen LogP contribution is 2.35. The van der Waals surface area contributed by atoms with Gasteiger partial charge in [0.15, 0.2) is 17.3 Å². The molecule has 0 aliphatic carbocycles. The summed E-state index contributed by atoms with van der Waals surface area (Å²) < 4.78 is 11.1. The van der Waals surface area contributed by atoms with E-state index in [1.807, 2.05) is 6.92 Å². The Balaban J connectivity index is 2.83. The summed E-state index contributed by atoms with van der Waals surface area (Å²) in [5.74, 6) is -0.486. The van der Waals surface area contributed by atoms with Gasteiger partial charge in [0.05, 0.1) is 33.2 Å². The highest BCUT2D eigenvalue weighted by atomic mass is 79.9. The molecule has 9 nitrogen and oxygen atoms in total. The number of halogens is 1. The number of methoxy groups -OCH3 is 2. The molecule has 0 aromatic heterocycles. The molecule has 4 N–H and O–H groups in total. The third-order valence-corrected chi connectivity index (χ3v) is 5.00. The van der Waals surface area contributed by atoms with Gasteiger partial charge in [-0.05, 0) is 34.5 Å². The fraction of sp³-hybridized carbons (Fsp3) is 0.450. The molecule has 10 heteroatoms. The second kappa shape index (κ2) is 12.9. The Morgan fingerprint density at radius 2 is 1.93 bits per heavy atom. The number of hydrogen-bond donors (Lipinski definition) is 3. The van der Waals surface area contributed by atoms with Crippen molar-refractivity contribution in [3.05, 3.63) is 28.2 Å². The van der Waals surface area contributed by atoms with Gasteiger partial charge in [-0.3, -0.25) is 19.6 Å². The largest absolute Gasteiger partial charge is 0.493 e. The van der Waals surface area contributed by atoms with Gasteiger partial charge in [0.25, 0.3) is 0 Å². The van der Waals surface area contributed by atoms with E-state index in [2.05, 4.69) is 21.2 Å². The lowest BCUT2D eigenvalue weighted by atomic mass is 10.0. The van der Waals surface area contributed by atoms with Crippen molar-refractivity contribution in [1.82, 2.24) is 10.4 Å². The van der Waals surface area contributed by atoms with Crippen molar-refractivity contribution in [3.8, 4) is 11.5 Å². The van der Waals surface area contributed by atoms with Gasteiger partial charge in [-0.15, -0.1) is 0 Å². The van der Waals surface area contributed by atoms with Crippen molar-refractivity contribution in [2.75, 3.05) is 27.3 Å². The van der Waals surface area contributed by atoms with Crippen molar-refractivity contribution in [2.24, 2.45) is 11.7 Å². The van der Waals surface area contributed by atoms with Crippen LogP contribution in [0.2, 0.25) is 0 Å². The quantitative estimate of drug-likeness (QED) is 0.168. The zero-order chi connectivity index (χ0) is 22.7. The Labute approximate surface area is 184 Å². The number of rotatable bonds is 13. The summed E-state index contributed by atoms with van der Waals surface area (Å²) >= 11 is 3.38. The van der Waals surface area contributed by atoms with Crippen LogP contribution in [0.25, 0.3) is 5.70 Å².